The van der Waals surface area contributed by atoms with Crippen molar-refractivity contribution >= 4 is 44.8 Å². The predicted octanol–water partition coefficient (Wildman–Crippen LogP) is 9.68. The summed E-state index contributed by atoms with van der Waals surface area (Å²) < 4.78 is 2.55. The van der Waals surface area contributed by atoms with Crippen molar-refractivity contribution in [3.05, 3.63) is 140 Å². The van der Waals surface area contributed by atoms with Gasteiger partial charge in [-0.05, 0) is 38.8 Å². The van der Waals surface area contributed by atoms with Crippen molar-refractivity contribution in [2.24, 2.45) is 0 Å². The first-order chi connectivity index (χ1) is 20.0. The molecular formula is C37H30IrN2SSi-2. The van der Waals surface area contributed by atoms with Crippen LogP contribution in [-0.2, 0) is 20.1 Å². The van der Waals surface area contributed by atoms with Gasteiger partial charge in [-0.3, -0.25) is 0 Å². The van der Waals surface area contributed by atoms with E-state index in [-0.39, 0.29) is 20.1 Å². The summed E-state index contributed by atoms with van der Waals surface area (Å²) in [4.78, 5) is 9.07. The molecule has 3 aromatic heterocycles. The molecule has 209 valence electrons. The molecule has 0 fully saturated rings. The molecule has 0 saturated carbocycles. The normalized spacial score (nSPS) is 11.0. The smallest absolute Gasteiger partial charge is 0.0795 e. The van der Waals surface area contributed by atoms with Crippen LogP contribution < -0.4 is 5.19 Å². The Morgan fingerprint density at radius 3 is 2.14 bits per heavy atom. The second-order valence-electron chi connectivity index (χ2n) is 10.9. The molecule has 7 aromatic rings. The molecule has 42 heavy (non-hydrogen) atoms. The number of hydrogen-bond donors (Lipinski definition) is 0. The van der Waals surface area contributed by atoms with Gasteiger partial charge in [0, 0.05) is 37.2 Å². The van der Waals surface area contributed by atoms with Gasteiger partial charge in [0.2, 0.25) is 0 Å². The van der Waals surface area contributed by atoms with Crippen molar-refractivity contribution in [3.8, 4) is 33.6 Å². The van der Waals surface area contributed by atoms with Crippen LogP contribution in [0.2, 0.25) is 19.6 Å². The Labute approximate surface area is 266 Å². The van der Waals surface area contributed by atoms with Crippen molar-refractivity contribution in [2.45, 2.75) is 19.6 Å². The van der Waals surface area contributed by atoms with Crippen LogP contribution >= 0.6 is 11.3 Å². The fourth-order valence-corrected chi connectivity index (χ4v) is 7.14. The Morgan fingerprint density at radius 1 is 0.690 bits per heavy atom. The second kappa shape index (κ2) is 13.1. The average Bonchev–Trinajstić information content (AvgIpc) is 3.42. The van der Waals surface area contributed by atoms with E-state index in [1.165, 1.54) is 36.5 Å². The van der Waals surface area contributed by atoms with Crippen LogP contribution in [0.3, 0.4) is 0 Å². The summed E-state index contributed by atoms with van der Waals surface area (Å²) in [6, 6.07) is 46.2. The third-order valence-electron chi connectivity index (χ3n) is 7.07. The van der Waals surface area contributed by atoms with Crippen LogP contribution in [0.1, 0.15) is 0 Å². The summed E-state index contributed by atoms with van der Waals surface area (Å²) in [5, 5.41) is 3.99. The summed E-state index contributed by atoms with van der Waals surface area (Å²) in [5.41, 5.74) is 6.56. The molecule has 0 aliphatic rings. The van der Waals surface area contributed by atoms with E-state index in [4.69, 9.17) is 0 Å². The zero-order valence-corrected chi connectivity index (χ0v) is 28.0. The van der Waals surface area contributed by atoms with Crippen molar-refractivity contribution in [1.29, 1.82) is 0 Å². The fraction of sp³-hybridized carbons (Fsp3) is 0.0811. The van der Waals surface area contributed by atoms with Gasteiger partial charge in [0.25, 0.3) is 0 Å². The molecule has 0 atom stereocenters. The molecule has 0 unspecified atom stereocenters. The van der Waals surface area contributed by atoms with E-state index >= 15 is 0 Å². The average molecular weight is 755 g/mol. The molecule has 0 aliphatic heterocycles. The SMILES string of the molecule is C[Si](C)(C)c1ccc(-c2[c-]cccc2)nc1.[Ir].[c-]1cc(-c2ccccc2)c2c(sc3ccccc32)c1-c1ccccn1. The van der Waals surface area contributed by atoms with E-state index in [9.17, 15) is 0 Å². The number of nitrogens with zero attached hydrogens (tertiary/aromatic N) is 2. The van der Waals surface area contributed by atoms with Gasteiger partial charge in [0.1, 0.15) is 0 Å². The van der Waals surface area contributed by atoms with Crippen molar-refractivity contribution in [3.63, 3.8) is 0 Å². The minimum Gasteiger partial charge on any atom is -0.305 e. The summed E-state index contributed by atoms with van der Waals surface area (Å²) in [6.45, 7) is 7.00. The summed E-state index contributed by atoms with van der Waals surface area (Å²) in [6.07, 6.45) is 3.86. The van der Waals surface area contributed by atoms with Gasteiger partial charge in [0.05, 0.1) is 8.07 Å². The minimum absolute atomic E-state index is 0. The quantitative estimate of drug-likeness (QED) is 0.132. The van der Waals surface area contributed by atoms with E-state index < -0.39 is 8.07 Å². The number of fused-ring (bicyclic) bond motifs is 3. The van der Waals surface area contributed by atoms with E-state index in [1.807, 2.05) is 60.1 Å². The van der Waals surface area contributed by atoms with Crippen LogP contribution in [0.25, 0.3) is 53.8 Å². The van der Waals surface area contributed by atoms with Crippen LogP contribution in [-0.4, -0.2) is 18.0 Å². The van der Waals surface area contributed by atoms with E-state index in [0.717, 1.165) is 22.5 Å². The third-order valence-corrected chi connectivity index (χ3v) is 10.3. The first-order valence-electron chi connectivity index (χ1n) is 13.8. The molecule has 3 heterocycles. The summed E-state index contributed by atoms with van der Waals surface area (Å²) >= 11 is 1.82. The molecule has 0 amide bonds. The molecule has 0 saturated heterocycles. The predicted molar refractivity (Wildman–Crippen MR) is 178 cm³/mol. The van der Waals surface area contributed by atoms with Crippen LogP contribution in [0.4, 0.5) is 0 Å². The number of aromatic nitrogens is 2. The number of benzene rings is 4. The molecule has 7 rings (SSSR count). The Kier molecular flexibility index (Phi) is 9.25. The monoisotopic (exact) mass is 755 g/mol. The fourth-order valence-electron chi connectivity index (χ4n) is 4.87. The van der Waals surface area contributed by atoms with Gasteiger partial charge in [-0.2, -0.15) is 11.3 Å². The maximum atomic E-state index is 4.55. The van der Waals surface area contributed by atoms with E-state index in [2.05, 4.69) is 121 Å². The number of rotatable bonds is 4. The van der Waals surface area contributed by atoms with E-state index in [1.54, 1.807) is 0 Å². The molecule has 0 N–H and O–H groups in total. The van der Waals surface area contributed by atoms with Gasteiger partial charge in [-0.25, -0.2) is 0 Å². The van der Waals surface area contributed by atoms with Gasteiger partial charge in [-0.1, -0.05) is 109 Å². The van der Waals surface area contributed by atoms with Crippen LogP contribution in [0, 0.1) is 12.1 Å². The third kappa shape index (κ3) is 6.35. The zero-order chi connectivity index (χ0) is 28.2. The summed E-state index contributed by atoms with van der Waals surface area (Å²) in [5.74, 6) is 0. The topological polar surface area (TPSA) is 25.8 Å². The van der Waals surface area contributed by atoms with Crippen molar-refractivity contribution < 1.29 is 20.1 Å². The molecule has 2 nitrogen and oxygen atoms in total. The second-order valence-corrected chi connectivity index (χ2v) is 17.0. The maximum Gasteiger partial charge on any atom is 0.0795 e. The molecule has 1 radical (unpaired) electrons. The minimum atomic E-state index is -1.23. The zero-order valence-electron chi connectivity index (χ0n) is 23.8. The molecule has 0 spiro atoms. The maximum absolute atomic E-state index is 4.55. The van der Waals surface area contributed by atoms with Gasteiger partial charge < -0.3 is 9.97 Å². The standard InChI is InChI=1S/C23H14NS.C14H16NSi.Ir/c1-2-8-16(9-3-1)17-13-14-18(20-11-6-7-15-24-20)23-22(17)19-10-4-5-12-21(19)25-23;1-16(2,3)13-9-10-14(15-11-13)12-7-5-4-6-8-12;/h1-13,15H;4-7,9-11H,1-3H3;/q2*-1;. The molecule has 5 heteroatoms. The molecule has 0 aliphatic carbocycles. The number of hydrogen-bond acceptors (Lipinski definition) is 3. The molecular weight excluding hydrogens is 725 g/mol. The van der Waals surface area contributed by atoms with Gasteiger partial charge >= 0.3 is 0 Å². The van der Waals surface area contributed by atoms with Crippen molar-refractivity contribution in [2.75, 3.05) is 0 Å². The Morgan fingerprint density at radius 2 is 1.45 bits per heavy atom. The Bertz CT molecular complexity index is 1900. The van der Waals surface area contributed by atoms with Crippen LogP contribution in [0.15, 0.2) is 128 Å². The summed E-state index contributed by atoms with van der Waals surface area (Å²) in [7, 11) is -1.23. The Hall–Kier alpha value is -3.73. The molecule has 4 aromatic carbocycles. The van der Waals surface area contributed by atoms with Crippen molar-refractivity contribution in [1.82, 2.24) is 9.97 Å². The Balaban J connectivity index is 0.000000181. The first-order valence-corrected chi connectivity index (χ1v) is 18.1. The number of pyridine rings is 2. The van der Waals surface area contributed by atoms with Gasteiger partial charge in [-0.15, -0.1) is 53.6 Å². The number of thiophene rings is 1. The van der Waals surface area contributed by atoms with Gasteiger partial charge in [0.15, 0.2) is 0 Å². The first kappa shape index (κ1) is 29.7. The van der Waals surface area contributed by atoms with Crippen LogP contribution in [0.5, 0.6) is 0 Å². The largest absolute Gasteiger partial charge is 0.305 e. The van der Waals surface area contributed by atoms with E-state index in [0.29, 0.717) is 0 Å². The molecule has 0 bridgehead atoms.